The highest BCUT2D eigenvalue weighted by Gasteiger charge is 2.25. The van der Waals surface area contributed by atoms with Crippen LogP contribution in [0.2, 0.25) is 0 Å². The zero-order valence-corrected chi connectivity index (χ0v) is 13.3. The Bertz CT molecular complexity index is 372. The molecule has 1 heterocycles. The Morgan fingerprint density at radius 1 is 1.53 bits per heavy atom. The van der Waals surface area contributed by atoms with Crippen LogP contribution in [0.25, 0.3) is 0 Å². The van der Waals surface area contributed by atoms with E-state index >= 15 is 0 Å². The van der Waals surface area contributed by atoms with Gasteiger partial charge in [0.1, 0.15) is 0 Å². The van der Waals surface area contributed by atoms with Crippen LogP contribution in [0, 0.1) is 0 Å². The predicted octanol–water partition coefficient (Wildman–Crippen LogP) is 4.09. The SMILES string of the molecule is C/C=C/[C@H]1C/C=C\C[C@@H](Cl)[C@@H](C[C@@H](O)C=C=CBr)O1. The fourth-order valence-electron chi connectivity index (χ4n) is 1.97. The Labute approximate surface area is 128 Å². The van der Waals surface area contributed by atoms with E-state index in [0.717, 1.165) is 12.8 Å². The van der Waals surface area contributed by atoms with Gasteiger partial charge >= 0.3 is 0 Å². The average Bonchev–Trinajstić information content (AvgIpc) is 2.38. The molecule has 2 nitrogen and oxygen atoms in total. The molecule has 1 aliphatic heterocycles. The predicted molar refractivity (Wildman–Crippen MR) is 83.7 cm³/mol. The van der Waals surface area contributed by atoms with E-state index in [4.69, 9.17) is 16.3 Å². The van der Waals surface area contributed by atoms with Crippen LogP contribution in [0.5, 0.6) is 0 Å². The minimum Gasteiger partial charge on any atom is -0.388 e. The molecule has 0 unspecified atom stereocenters. The molecule has 19 heavy (non-hydrogen) atoms. The van der Waals surface area contributed by atoms with Gasteiger partial charge in [0.2, 0.25) is 0 Å². The van der Waals surface area contributed by atoms with E-state index < -0.39 is 6.10 Å². The second kappa shape index (κ2) is 9.57. The summed E-state index contributed by atoms with van der Waals surface area (Å²) in [7, 11) is 0. The zero-order valence-electron chi connectivity index (χ0n) is 11.0. The number of alkyl halides is 1. The molecular weight excluding hydrogens is 328 g/mol. The van der Waals surface area contributed by atoms with E-state index in [2.05, 4.69) is 33.8 Å². The van der Waals surface area contributed by atoms with Gasteiger partial charge in [0.05, 0.1) is 23.7 Å². The van der Waals surface area contributed by atoms with Crippen LogP contribution in [0.15, 0.2) is 41.1 Å². The van der Waals surface area contributed by atoms with Gasteiger partial charge in [0.15, 0.2) is 0 Å². The van der Waals surface area contributed by atoms with Crippen LogP contribution in [0.4, 0.5) is 0 Å². The lowest BCUT2D eigenvalue weighted by Gasteiger charge is -2.28. The molecule has 106 valence electrons. The number of aliphatic hydroxyl groups is 1. The third-order valence-corrected chi connectivity index (χ3v) is 3.61. The normalized spacial score (nSPS) is 31.1. The summed E-state index contributed by atoms with van der Waals surface area (Å²) in [5, 5.41) is 9.77. The van der Waals surface area contributed by atoms with Crippen LogP contribution in [0.1, 0.15) is 26.2 Å². The quantitative estimate of drug-likeness (QED) is 0.471. The highest BCUT2D eigenvalue weighted by molar-refractivity contribution is 9.11. The van der Waals surface area contributed by atoms with Crippen molar-refractivity contribution in [1.29, 1.82) is 0 Å². The fraction of sp³-hybridized carbons (Fsp3) is 0.533. The Morgan fingerprint density at radius 2 is 2.26 bits per heavy atom. The number of hydrogen-bond acceptors (Lipinski definition) is 2. The highest BCUT2D eigenvalue weighted by atomic mass is 79.9. The van der Waals surface area contributed by atoms with Gasteiger partial charge < -0.3 is 9.84 Å². The molecule has 4 heteroatoms. The smallest absolute Gasteiger partial charge is 0.0819 e. The Morgan fingerprint density at radius 3 is 2.95 bits per heavy atom. The topological polar surface area (TPSA) is 29.5 Å². The first kappa shape index (κ1) is 16.7. The van der Waals surface area contributed by atoms with Crippen molar-refractivity contribution < 1.29 is 9.84 Å². The number of ether oxygens (including phenoxy) is 1. The lowest BCUT2D eigenvalue weighted by Crippen LogP contribution is -2.33. The third-order valence-electron chi connectivity index (χ3n) is 2.88. The van der Waals surface area contributed by atoms with Crippen molar-refractivity contribution in [3.8, 4) is 0 Å². The maximum atomic E-state index is 9.90. The summed E-state index contributed by atoms with van der Waals surface area (Å²) < 4.78 is 6.00. The molecule has 0 saturated heterocycles. The number of rotatable bonds is 4. The van der Waals surface area contributed by atoms with Gasteiger partial charge in [0.25, 0.3) is 0 Å². The molecule has 0 spiro atoms. The summed E-state index contributed by atoms with van der Waals surface area (Å²) in [5.74, 6) is 0. The van der Waals surface area contributed by atoms with E-state index in [1.807, 2.05) is 19.1 Å². The summed E-state index contributed by atoms with van der Waals surface area (Å²) >= 11 is 9.45. The molecule has 0 aromatic carbocycles. The third kappa shape index (κ3) is 6.60. The Balaban J connectivity index is 2.70. The molecular formula is C15H20BrClO2. The van der Waals surface area contributed by atoms with E-state index in [1.165, 1.54) is 0 Å². The summed E-state index contributed by atoms with van der Waals surface area (Å²) in [6.45, 7) is 1.97. The highest BCUT2D eigenvalue weighted by Crippen LogP contribution is 2.23. The standard InChI is InChI=1S/C15H20BrClO2/c1-2-6-13-8-3-4-9-14(17)15(19-13)11-12(18)7-5-10-16/h2-4,6-7,10,12-15,18H,8-9,11H2,1H3/b4-3-,6-2+/t5?,12-,13-,14+,15+/m0/s1. The molecule has 4 atom stereocenters. The largest absolute Gasteiger partial charge is 0.388 e. The molecule has 0 aliphatic carbocycles. The maximum Gasteiger partial charge on any atom is 0.0819 e. The van der Waals surface area contributed by atoms with Gasteiger partial charge in [-0.25, -0.2) is 0 Å². The van der Waals surface area contributed by atoms with Crippen LogP contribution < -0.4 is 0 Å². The molecule has 0 saturated carbocycles. The number of hydrogen-bond donors (Lipinski definition) is 1. The van der Waals surface area contributed by atoms with E-state index in [1.54, 1.807) is 11.1 Å². The maximum absolute atomic E-state index is 9.90. The average molecular weight is 348 g/mol. The molecule has 0 aromatic heterocycles. The van der Waals surface area contributed by atoms with Crippen molar-refractivity contribution in [3.63, 3.8) is 0 Å². The van der Waals surface area contributed by atoms with Crippen molar-refractivity contribution in [2.75, 3.05) is 0 Å². The van der Waals surface area contributed by atoms with Gasteiger partial charge in [-0.2, -0.15) is 0 Å². The minimum absolute atomic E-state index is 0.0238. The summed E-state index contributed by atoms with van der Waals surface area (Å²) in [5.41, 5.74) is 2.81. The monoisotopic (exact) mass is 346 g/mol. The number of allylic oxidation sites excluding steroid dienone is 2. The van der Waals surface area contributed by atoms with Crippen LogP contribution >= 0.6 is 27.5 Å². The van der Waals surface area contributed by atoms with Crippen molar-refractivity contribution in [2.45, 2.75) is 49.9 Å². The van der Waals surface area contributed by atoms with Gasteiger partial charge in [-0.3, -0.25) is 0 Å². The van der Waals surface area contributed by atoms with Gasteiger partial charge in [-0.05, 0) is 25.8 Å². The molecule has 0 bridgehead atoms. The van der Waals surface area contributed by atoms with Crippen LogP contribution in [-0.4, -0.2) is 28.8 Å². The first-order valence-electron chi connectivity index (χ1n) is 6.44. The summed E-state index contributed by atoms with van der Waals surface area (Å²) in [4.78, 5) is 1.58. The molecule has 1 aliphatic rings. The Hall–Kier alpha value is -0.310. The molecule has 1 rings (SSSR count). The molecule has 0 aromatic rings. The molecule has 0 fully saturated rings. The number of aliphatic hydroxyl groups excluding tert-OH is 1. The zero-order chi connectivity index (χ0) is 14.1. The van der Waals surface area contributed by atoms with E-state index in [0.29, 0.717) is 6.42 Å². The van der Waals surface area contributed by atoms with Crippen molar-refractivity contribution in [3.05, 3.63) is 41.1 Å². The molecule has 0 amide bonds. The first-order chi connectivity index (χ1) is 9.17. The summed E-state index contributed by atoms with van der Waals surface area (Å²) in [6, 6.07) is 0. The van der Waals surface area contributed by atoms with Crippen LogP contribution in [0.3, 0.4) is 0 Å². The second-order valence-electron chi connectivity index (χ2n) is 4.44. The van der Waals surface area contributed by atoms with Gasteiger partial charge in [0, 0.05) is 11.4 Å². The lowest BCUT2D eigenvalue weighted by molar-refractivity contribution is -0.0108. The minimum atomic E-state index is -0.602. The second-order valence-corrected chi connectivity index (χ2v) is 5.46. The first-order valence-corrected chi connectivity index (χ1v) is 7.79. The van der Waals surface area contributed by atoms with Crippen LogP contribution in [-0.2, 0) is 4.74 Å². The fourth-order valence-corrected chi connectivity index (χ4v) is 2.39. The number of halogens is 2. The van der Waals surface area contributed by atoms with Crippen molar-refractivity contribution >= 4 is 27.5 Å². The lowest BCUT2D eigenvalue weighted by atomic mass is 10.0. The molecule has 1 N–H and O–H groups in total. The van der Waals surface area contributed by atoms with Gasteiger partial charge in [-0.1, -0.05) is 40.2 Å². The van der Waals surface area contributed by atoms with E-state index in [-0.39, 0.29) is 17.6 Å². The summed E-state index contributed by atoms with van der Waals surface area (Å²) in [6.07, 6.45) is 11.1. The Kier molecular flexibility index (Phi) is 8.43. The van der Waals surface area contributed by atoms with Crippen molar-refractivity contribution in [1.82, 2.24) is 0 Å². The molecule has 0 radical (unpaired) electrons. The van der Waals surface area contributed by atoms with E-state index in [9.17, 15) is 5.11 Å². The van der Waals surface area contributed by atoms with Gasteiger partial charge in [-0.15, -0.1) is 17.3 Å². The van der Waals surface area contributed by atoms with Crippen molar-refractivity contribution in [2.24, 2.45) is 0 Å².